The predicted octanol–water partition coefficient (Wildman–Crippen LogP) is -1.94. The van der Waals surface area contributed by atoms with Gasteiger partial charge in [-0.15, -0.1) is 0 Å². The highest BCUT2D eigenvalue weighted by atomic mass is 16.4. The van der Waals surface area contributed by atoms with Crippen LogP contribution in [0.25, 0.3) is 0 Å². The third kappa shape index (κ3) is 10.9. The molecular weight excluding hydrogens is 526 g/mol. The topological polar surface area (TPSA) is 246 Å². The van der Waals surface area contributed by atoms with Crippen LogP contribution in [-0.4, -0.2) is 86.5 Å². The van der Waals surface area contributed by atoms with Crippen molar-refractivity contribution in [3.8, 4) is 0 Å². The van der Waals surface area contributed by atoms with E-state index in [1.165, 1.54) is 13.3 Å². The molecule has 0 bridgehead atoms. The highest BCUT2D eigenvalue weighted by Gasteiger charge is 2.29. The van der Waals surface area contributed by atoms with Gasteiger partial charge in [0.15, 0.2) is 0 Å². The highest BCUT2D eigenvalue weighted by molar-refractivity contribution is 5.95. The zero-order chi connectivity index (χ0) is 29.7. The van der Waals surface area contributed by atoms with Gasteiger partial charge in [-0.2, -0.15) is 0 Å². The van der Waals surface area contributed by atoms with E-state index < -0.39 is 72.7 Å². The first-order valence-corrected chi connectivity index (χ1v) is 12.4. The van der Waals surface area contributed by atoms with Crippen LogP contribution in [0.1, 0.15) is 31.0 Å². The predicted molar refractivity (Wildman–Crippen MR) is 139 cm³/mol. The smallest absolute Gasteiger partial charge is 0.322 e. The number of aromatic nitrogens is 2. The number of carboxylic acid groups (broad SMARTS) is 2. The molecule has 15 heteroatoms. The summed E-state index contributed by atoms with van der Waals surface area (Å²) in [6.07, 6.45) is 2.35. The minimum absolute atomic E-state index is 0.0455. The van der Waals surface area contributed by atoms with Gasteiger partial charge in [-0.3, -0.25) is 28.8 Å². The standard InChI is InChI=1S/C25H33N7O8/c1-14(22(37)32-19(24(39)28-12-21(35)36)9-15-5-3-2-4-6-15)30-25(40)18(7-8-20(33)34)31-23(38)17(26)10-16-11-27-13-29-16/h2-6,11,13-14,17-19H,7-10,12,26H2,1H3,(H,27,29)(H,28,39)(H,30,40)(H,31,38)(H,32,37)(H,33,34)(H,35,36)/t14-,17-,18-,19-/m0/s1. The van der Waals surface area contributed by atoms with Crippen molar-refractivity contribution in [2.24, 2.45) is 5.73 Å². The third-order valence-electron chi connectivity index (χ3n) is 5.68. The van der Waals surface area contributed by atoms with Gasteiger partial charge in [0.1, 0.15) is 24.7 Å². The molecule has 4 amide bonds. The number of nitrogens with two attached hydrogens (primary N) is 1. The normalized spacial score (nSPS) is 13.7. The zero-order valence-electron chi connectivity index (χ0n) is 21.8. The van der Waals surface area contributed by atoms with Gasteiger partial charge in [0, 0.05) is 25.5 Å². The average Bonchev–Trinajstić information content (AvgIpc) is 3.42. The Balaban J connectivity index is 2.06. The number of benzene rings is 1. The summed E-state index contributed by atoms with van der Waals surface area (Å²) in [4.78, 5) is 79.7. The quantitative estimate of drug-likeness (QED) is 0.113. The maximum absolute atomic E-state index is 12.9. The molecule has 0 saturated heterocycles. The number of aromatic amines is 1. The second-order valence-corrected chi connectivity index (χ2v) is 8.96. The lowest BCUT2D eigenvalue weighted by Gasteiger charge is -2.24. The van der Waals surface area contributed by atoms with Crippen LogP contribution in [0.3, 0.4) is 0 Å². The minimum atomic E-state index is -1.32. The molecule has 9 N–H and O–H groups in total. The largest absolute Gasteiger partial charge is 0.481 e. The Kier molecular flexibility index (Phi) is 12.2. The molecule has 40 heavy (non-hydrogen) atoms. The minimum Gasteiger partial charge on any atom is -0.481 e. The van der Waals surface area contributed by atoms with E-state index in [9.17, 15) is 28.8 Å². The van der Waals surface area contributed by atoms with Crippen LogP contribution in [0.4, 0.5) is 0 Å². The summed E-state index contributed by atoms with van der Waals surface area (Å²) < 4.78 is 0. The number of amides is 4. The molecule has 1 heterocycles. The van der Waals surface area contributed by atoms with Crippen molar-refractivity contribution < 1.29 is 39.0 Å². The van der Waals surface area contributed by atoms with E-state index in [0.29, 0.717) is 11.3 Å². The number of carbonyl (C=O) groups excluding carboxylic acids is 4. The van der Waals surface area contributed by atoms with Gasteiger partial charge in [0.25, 0.3) is 0 Å². The van der Waals surface area contributed by atoms with Gasteiger partial charge in [-0.25, -0.2) is 4.98 Å². The van der Waals surface area contributed by atoms with Crippen molar-refractivity contribution >= 4 is 35.6 Å². The molecule has 0 unspecified atom stereocenters. The molecule has 216 valence electrons. The highest BCUT2D eigenvalue weighted by Crippen LogP contribution is 2.05. The Hall–Kier alpha value is -4.79. The van der Waals surface area contributed by atoms with Gasteiger partial charge in [-0.05, 0) is 18.9 Å². The van der Waals surface area contributed by atoms with Crippen LogP contribution in [0.15, 0.2) is 42.9 Å². The molecule has 1 aromatic carbocycles. The van der Waals surface area contributed by atoms with Gasteiger partial charge in [-0.1, -0.05) is 30.3 Å². The Labute approximate surface area is 229 Å². The summed E-state index contributed by atoms with van der Waals surface area (Å²) >= 11 is 0. The number of nitrogens with zero attached hydrogens (tertiary/aromatic N) is 1. The van der Waals surface area contributed by atoms with E-state index in [-0.39, 0.29) is 19.3 Å². The fraction of sp³-hybridized carbons (Fsp3) is 0.400. The number of nitrogens with one attached hydrogen (secondary N) is 5. The zero-order valence-corrected chi connectivity index (χ0v) is 21.8. The molecule has 15 nitrogen and oxygen atoms in total. The van der Waals surface area contributed by atoms with Crippen molar-refractivity contribution in [2.45, 2.75) is 56.8 Å². The van der Waals surface area contributed by atoms with Crippen molar-refractivity contribution in [1.29, 1.82) is 0 Å². The summed E-state index contributed by atoms with van der Waals surface area (Å²) in [6.45, 7) is 0.681. The Bertz CT molecular complexity index is 1170. The van der Waals surface area contributed by atoms with E-state index in [1.807, 2.05) is 0 Å². The number of H-pyrrole nitrogens is 1. The first kappa shape index (κ1) is 31.4. The van der Waals surface area contributed by atoms with Crippen molar-refractivity contribution in [1.82, 2.24) is 31.2 Å². The summed E-state index contributed by atoms with van der Waals surface area (Å²) in [7, 11) is 0. The van der Waals surface area contributed by atoms with Gasteiger partial charge < -0.3 is 42.2 Å². The number of aliphatic carboxylic acids is 2. The number of carboxylic acids is 2. The first-order chi connectivity index (χ1) is 19.0. The summed E-state index contributed by atoms with van der Waals surface area (Å²) in [5.41, 5.74) is 7.10. The SMILES string of the molecule is C[C@H](NC(=O)[C@H](CCC(=O)O)NC(=O)[C@@H](N)Cc1c[nH]cn1)C(=O)N[C@@H](Cc1ccccc1)C(=O)NCC(=O)O. The number of hydrogen-bond acceptors (Lipinski definition) is 8. The van der Waals surface area contributed by atoms with Gasteiger partial charge >= 0.3 is 11.9 Å². The molecule has 0 saturated carbocycles. The fourth-order valence-corrected chi connectivity index (χ4v) is 3.56. The molecule has 0 aliphatic carbocycles. The van der Waals surface area contributed by atoms with Crippen LogP contribution < -0.4 is 27.0 Å². The Morgan fingerprint density at radius 1 is 0.875 bits per heavy atom. The summed E-state index contributed by atoms with van der Waals surface area (Å²) in [6, 6.07) is 3.93. The molecule has 0 fully saturated rings. The Morgan fingerprint density at radius 2 is 1.55 bits per heavy atom. The third-order valence-corrected chi connectivity index (χ3v) is 5.68. The second-order valence-electron chi connectivity index (χ2n) is 8.96. The molecule has 0 radical (unpaired) electrons. The molecule has 0 aliphatic heterocycles. The second kappa shape index (κ2) is 15.6. The van der Waals surface area contributed by atoms with E-state index in [2.05, 4.69) is 31.2 Å². The first-order valence-electron chi connectivity index (χ1n) is 12.4. The van der Waals surface area contributed by atoms with Gasteiger partial charge in [0.05, 0.1) is 18.1 Å². The fourth-order valence-electron chi connectivity index (χ4n) is 3.56. The van der Waals surface area contributed by atoms with Crippen LogP contribution >= 0.6 is 0 Å². The average molecular weight is 560 g/mol. The van der Waals surface area contributed by atoms with Crippen LogP contribution in [0.2, 0.25) is 0 Å². The lowest BCUT2D eigenvalue weighted by molar-refractivity contribution is -0.139. The van der Waals surface area contributed by atoms with E-state index >= 15 is 0 Å². The van der Waals surface area contributed by atoms with Crippen LogP contribution in [-0.2, 0) is 41.6 Å². The van der Waals surface area contributed by atoms with Crippen molar-refractivity contribution in [2.75, 3.05) is 6.54 Å². The van der Waals surface area contributed by atoms with Crippen molar-refractivity contribution in [3.63, 3.8) is 0 Å². The lowest BCUT2D eigenvalue weighted by Crippen LogP contribution is -2.57. The summed E-state index contributed by atoms with van der Waals surface area (Å²) in [5, 5.41) is 27.5. The van der Waals surface area contributed by atoms with E-state index in [4.69, 9.17) is 15.9 Å². The van der Waals surface area contributed by atoms with E-state index in [0.717, 1.165) is 0 Å². The number of imidazole rings is 1. The van der Waals surface area contributed by atoms with E-state index in [1.54, 1.807) is 36.5 Å². The van der Waals surface area contributed by atoms with Crippen LogP contribution in [0.5, 0.6) is 0 Å². The maximum atomic E-state index is 12.9. The lowest BCUT2D eigenvalue weighted by atomic mass is 10.0. The van der Waals surface area contributed by atoms with Crippen LogP contribution in [0, 0.1) is 0 Å². The monoisotopic (exact) mass is 559 g/mol. The van der Waals surface area contributed by atoms with Crippen molar-refractivity contribution in [3.05, 3.63) is 54.1 Å². The molecule has 0 aliphatic rings. The maximum Gasteiger partial charge on any atom is 0.322 e. The van der Waals surface area contributed by atoms with Gasteiger partial charge in [0.2, 0.25) is 23.6 Å². The molecular formula is C25H33N7O8. The number of carbonyl (C=O) groups is 6. The molecule has 0 spiro atoms. The number of rotatable bonds is 16. The molecule has 1 aromatic heterocycles. The molecule has 2 rings (SSSR count). The number of hydrogen-bond donors (Lipinski definition) is 8. The Morgan fingerprint density at radius 3 is 2.15 bits per heavy atom. The molecule has 2 aromatic rings. The summed E-state index contributed by atoms with van der Waals surface area (Å²) in [5.74, 6) is -5.52. The molecule has 4 atom stereocenters.